The molecule has 2 heterocycles. The first-order valence-electron chi connectivity index (χ1n) is 9.60. The molecule has 1 aromatic carbocycles. The summed E-state index contributed by atoms with van der Waals surface area (Å²) in [6.45, 7) is 2.03. The predicted molar refractivity (Wildman–Crippen MR) is 100 cm³/mol. The van der Waals surface area contributed by atoms with E-state index in [1.54, 1.807) is 0 Å². The number of aliphatic carboxylic acids is 1. The molecule has 2 aliphatic heterocycles. The van der Waals surface area contributed by atoms with E-state index in [2.05, 4.69) is 29.6 Å². The van der Waals surface area contributed by atoms with Gasteiger partial charge in [0.25, 0.3) is 0 Å². The number of nitrogens with one attached hydrogen (secondary N) is 1. The Labute approximate surface area is 159 Å². The van der Waals surface area contributed by atoms with Gasteiger partial charge in [-0.15, -0.1) is 0 Å². The van der Waals surface area contributed by atoms with Crippen LogP contribution in [0, 0.1) is 11.8 Å². The van der Waals surface area contributed by atoms with Gasteiger partial charge in [0.05, 0.1) is 12.5 Å². The Morgan fingerprint density at radius 3 is 2.30 bits per heavy atom. The molecule has 7 nitrogen and oxygen atoms in total. The highest BCUT2D eigenvalue weighted by Gasteiger charge is 2.31. The van der Waals surface area contributed by atoms with Gasteiger partial charge in [-0.1, -0.05) is 30.3 Å². The van der Waals surface area contributed by atoms with Crippen molar-refractivity contribution >= 4 is 17.9 Å². The van der Waals surface area contributed by atoms with Crippen LogP contribution in [0.15, 0.2) is 30.3 Å². The highest BCUT2D eigenvalue weighted by molar-refractivity contribution is 5.84. The molecule has 0 spiro atoms. The van der Waals surface area contributed by atoms with Crippen LogP contribution in [0.25, 0.3) is 0 Å². The van der Waals surface area contributed by atoms with Crippen molar-refractivity contribution in [3.8, 4) is 0 Å². The summed E-state index contributed by atoms with van der Waals surface area (Å²) >= 11 is 0. The second-order valence-corrected chi connectivity index (χ2v) is 7.44. The molecule has 2 saturated heterocycles. The molecule has 0 radical (unpaired) electrons. The van der Waals surface area contributed by atoms with Crippen LogP contribution >= 0.6 is 0 Å². The lowest BCUT2D eigenvalue weighted by molar-refractivity contribution is -0.141. The molecule has 2 fully saturated rings. The van der Waals surface area contributed by atoms with Crippen LogP contribution in [0.4, 0.5) is 4.79 Å². The van der Waals surface area contributed by atoms with Gasteiger partial charge in [0.15, 0.2) is 0 Å². The fraction of sp³-hybridized carbons (Fsp3) is 0.550. The summed E-state index contributed by atoms with van der Waals surface area (Å²) in [5, 5.41) is 11.6. The Bertz CT molecular complexity index is 671. The molecule has 1 unspecified atom stereocenters. The first kappa shape index (κ1) is 19.2. The molecule has 0 bridgehead atoms. The third kappa shape index (κ3) is 5.21. The maximum absolute atomic E-state index is 12.4. The van der Waals surface area contributed by atoms with Crippen LogP contribution < -0.4 is 5.32 Å². The minimum absolute atomic E-state index is 0.0313. The minimum atomic E-state index is -0.875. The zero-order chi connectivity index (χ0) is 19.2. The number of benzene rings is 1. The van der Waals surface area contributed by atoms with E-state index in [0.29, 0.717) is 18.9 Å². The van der Waals surface area contributed by atoms with Crippen molar-refractivity contribution in [2.24, 2.45) is 11.8 Å². The van der Waals surface area contributed by atoms with Gasteiger partial charge >= 0.3 is 12.0 Å². The Morgan fingerprint density at radius 1 is 1.00 bits per heavy atom. The summed E-state index contributed by atoms with van der Waals surface area (Å²) < 4.78 is 0. The number of likely N-dealkylation sites (tertiary alicyclic amines) is 2. The monoisotopic (exact) mass is 373 g/mol. The molecule has 7 heteroatoms. The van der Waals surface area contributed by atoms with Crippen molar-refractivity contribution in [2.75, 3.05) is 32.7 Å². The van der Waals surface area contributed by atoms with Gasteiger partial charge in [-0.05, 0) is 37.2 Å². The lowest BCUT2D eigenvalue weighted by Crippen LogP contribution is -2.47. The van der Waals surface area contributed by atoms with Crippen LogP contribution in [0.3, 0.4) is 0 Å². The molecular formula is C20H27N3O4. The molecule has 3 amide bonds. The number of carbonyl (C=O) groups is 3. The van der Waals surface area contributed by atoms with E-state index >= 15 is 0 Å². The van der Waals surface area contributed by atoms with Crippen LogP contribution in [0.1, 0.15) is 24.8 Å². The number of carbonyl (C=O) groups excluding carboxylic acids is 2. The molecule has 27 heavy (non-hydrogen) atoms. The Morgan fingerprint density at radius 2 is 1.67 bits per heavy atom. The summed E-state index contributed by atoms with van der Waals surface area (Å²) in [7, 11) is 0. The largest absolute Gasteiger partial charge is 0.481 e. The fourth-order valence-corrected chi connectivity index (χ4v) is 3.86. The van der Waals surface area contributed by atoms with Gasteiger partial charge in [-0.3, -0.25) is 9.59 Å². The summed E-state index contributed by atoms with van der Waals surface area (Å²) in [4.78, 5) is 38.7. The quantitative estimate of drug-likeness (QED) is 0.820. The smallest absolute Gasteiger partial charge is 0.317 e. The van der Waals surface area contributed by atoms with Crippen LogP contribution in [0.2, 0.25) is 0 Å². The molecule has 2 N–H and O–H groups in total. The molecular weight excluding hydrogens is 346 g/mol. The van der Waals surface area contributed by atoms with Gasteiger partial charge in [0.2, 0.25) is 5.91 Å². The molecule has 1 atom stereocenters. The van der Waals surface area contributed by atoms with Crippen molar-refractivity contribution in [1.29, 1.82) is 0 Å². The first-order chi connectivity index (χ1) is 13.0. The maximum Gasteiger partial charge on any atom is 0.317 e. The molecule has 0 aromatic heterocycles. The van der Waals surface area contributed by atoms with Gasteiger partial charge in [-0.25, -0.2) is 4.79 Å². The molecule has 0 saturated carbocycles. The number of urea groups is 1. The Hall–Kier alpha value is -2.57. The zero-order valence-electron chi connectivity index (χ0n) is 15.5. The van der Waals surface area contributed by atoms with Crippen molar-refractivity contribution in [1.82, 2.24) is 15.1 Å². The van der Waals surface area contributed by atoms with Crippen molar-refractivity contribution in [3.05, 3.63) is 35.9 Å². The molecule has 2 aliphatic rings. The predicted octanol–water partition coefficient (Wildman–Crippen LogP) is 1.58. The van der Waals surface area contributed by atoms with Crippen molar-refractivity contribution in [2.45, 2.75) is 25.7 Å². The van der Waals surface area contributed by atoms with Crippen molar-refractivity contribution < 1.29 is 19.5 Å². The van der Waals surface area contributed by atoms with Gasteiger partial charge in [-0.2, -0.15) is 0 Å². The molecule has 0 aliphatic carbocycles. The van der Waals surface area contributed by atoms with E-state index in [4.69, 9.17) is 5.11 Å². The van der Waals surface area contributed by atoms with E-state index in [1.807, 2.05) is 11.0 Å². The highest BCUT2D eigenvalue weighted by Crippen LogP contribution is 2.21. The third-order valence-electron chi connectivity index (χ3n) is 5.55. The molecule has 146 valence electrons. The first-order valence-corrected chi connectivity index (χ1v) is 9.60. The summed E-state index contributed by atoms with van der Waals surface area (Å²) in [6, 6.07) is 10.0. The van der Waals surface area contributed by atoms with Gasteiger partial charge in [0, 0.05) is 26.2 Å². The Balaban J connectivity index is 1.37. The average molecular weight is 373 g/mol. The number of carboxylic acid groups (broad SMARTS) is 1. The summed E-state index contributed by atoms with van der Waals surface area (Å²) in [5.41, 5.74) is 1.33. The fourth-order valence-electron chi connectivity index (χ4n) is 3.86. The van der Waals surface area contributed by atoms with Gasteiger partial charge in [0.1, 0.15) is 0 Å². The number of piperidine rings is 1. The van der Waals surface area contributed by atoms with Crippen LogP contribution in [-0.4, -0.2) is 65.5 Å². The van der Waals surface area contributed by atoms with Crippen molar-refractivity contribution in [3.63, 3.8) is 0 Å². The van der Waals surface area contributed by atoms with E-state index in [1.165, 1.54) is 10.5 Å². The lowest BCUT2D eigenvalue weighted by Gasteiger charge is -2.32. The Kier molecular flexibility index (Phi) is 6.32. The average Bonchev–Trinajstić information content (AvgIpc) is 3.18. The van der Waals surface area contributed by atoms with E-state index in [0.717, 1.165) is 32.4 Å². The second kappa shape index (κ2) is 8.88. The van der Waals surface area contributed by atoms with Crippen LogP contribution in [0.5, 0.6) is 0 Å². The zero-order valence-corrected chi connectivity index (χ0v) is 15.5. The number of nitrogens with zero attached hydrogens (tertiary/aromatic N) is 2. The SMILES string of the molecule is O=C(O)C1CCN(C(=O)NCC(=O)N2CCC(Cc3ccccc3)CC2)C1. The highest BCUT2D eigenvalue weighted by atomic mass is 16.4. The lowest BCUT2D eigenvalue weighted by atomic mass is 9.90. The maximum atomic E-state index is 12.4. The number of carboxylic acids is 1. The minimum Gasteiger partial charge on any atom is -0.481 e. The van der Waals surface area contributed by atoms with Crippen LogP contribution in [-0.2, 0) is 16.0 Å². The molecule has 1 aromatic rings. The number of hydrogen-bond acceptors (Lipinski definition) is 3. The number of hydrogen-bond donors (Lipinski definition) is 2. The van der Waals surface area contributed by atoms with E-state index < -0.39 is 11.9 Å². The molecule has 3 rings (SSSR count). The number of amides is 3. The summed E-state index contributed by atoms with van der Waals surface area (Å²) in [5.74, 6) is -0.867. The topological polar surface area (TPSA) is 90.0 Å². The standard InChI is InChI=1S/C20H27N3O4/c24-18(13-21-20(27)23-11-8-17(14-23)19(25)26)22-9-6-16(7-10-22)12-15-4-2-1-3-5-15/h1-5,16-17H,6-14H2,(H,21,27)(H,25,26). The normalized spacial score (nSPS) is 20.5. The van der Waals surface area contributed by atoms with Gasteiger partial charge < -0.3 is 20.2 Å². The van der Waals surface area contributed by atoms with E-state index in [-0.39, 0.29) is 25.0 Å². The summed E-state index contributed by atoms with van der Waals surface area (Å²) in [6.07, 6.45) is 3.45. The van der Waals surface area contributed by atoms with E-state index in [9.17, 15) is 14.4 Å². The third-order valence-corrected chi connectivity index (χ3v) is 5.55. The number of rotatable bonds is 5. The second-order valence-electron chi connectivity index (χ2n) is 7.44.